The summed E-state index contributed by atoms with van der Waals surface area (Å²) in [6.07, 6.45) is -0.541. The Morgan fingerprint density at radius 2 is 1.41 bits per heavy atom. The number of imide groups is 1. The Morgan fingerprint density at radius 3 is 1.88 bits per heavy atom. The molecule has 0 aromatic heterocycles. The number of carbonyl (C=O) groups is 6. The first-order valence-electron chi connectivity index (χ1n) is 10.2. The fourth-order valence-corrected chi connectivity index (χ4v) is 2.85. The number of carbonyl (C=O) groups excluding carboxylic acids is 2. The Morgan fingerprint density at radius 1 is 0.844 bits per heavy atom. The molecule has 0 aromatic carbocycles. The lowest BCUT2D eigenvalue weighted by Crippen LogP contribution is -2.59. The Labute approximate surface area is 184 Å². The van der Waals surface area contributed by atoms with E-state index in [1.807, 2.05) is 6.92 Å². The lowest BCUT2D eigenvalue weighted by atomic mass is 10.0. The molecule has 7 N–H and O–H groups in total. The molecule has 0 rings (SSSR count). The summed E-state index contributed by atoms with van der Waals surface area (Å²) in [5.41, 5.74) is 5.67. The zero-order valence-electron chi connectivity index (χ0n) is 17.9. The van der Waals surface area contributed by atoms with E-state index in [1.54, 1.807) is 0 Å². The summed E-state index contributed by atoms with van der Waals surface area (Å²) in [6, 6.07) is -4.96. The van der Waals surface area contributed by atoms with Crippen LogP contribution in [0.25, 0.3) is 0 Å². The van der Waals surface area contributed by atoms with Gasteiger partial charge in [0.15, 0.2) is 0 Å². The number of hydrogen-bond donors (Lipinski definition) is 6. The van der Waals surface area contributed by atoms with E-state index in [1.165, 1.54) is 0 Å². The van der Waals surface area contributed by atoms with Crippen molar-refractivity contribution in [1.82, 2.24) is 10.2 Å². The highest BCUT2D eigenvalue weighted by Crippen LogP contribution is 2.15. The molecule has 0 fully saturated rings. The second-order valence-corrected chi connectivity index (χ2v) is 7.18. The summed E-state index contributed by atoms with van der Waals surface area (Å²) in [6.45, 7) is 2.21. The van der Waals surface area contributed by atoms with Gasteiger partial charge in [0.1, 0.15) is 6.04 Å². The number of carboxylic acids is 4. The van der Waals surface area contributed by atoms with Crippen molar-refractivity contribution in [1.29, 1.82) is 0 Å². The number of hydrogen-bond acceptors (Lipinski definition) is 8. The fourth-order valence-electron chi connectivity index (χ4n) is 2.85. The second kappa shape index (κ2) is 14.9. The zero-order chi connectivity index (χ0) is 24.8. The topological polar surface area (TPSA) is 225 Å². The lowest BCUT2D eigenvalue weighted by Gasteiger charge is -2.32. The number of rotatable bonds is 17. The summed E-state index contributed by atoms with van der Waals surface area (Å²) in [5, 5.41) is 39.1. The smallest absolute Gasteiger partial charge is 0.327 e. The molecular formula is C19H31N3O10. The van der Waals surface area contributed by atoms with Gasteiger partial charge in [0.2, 0.25) is 11.8 Å². The van der Waals surface area contributed by atoms with Gasteiger partial charge in [0.05, 0.1) is 18.5 Å². The molecule has 3 unspecified atom stereocenters. The van der Waals surface area contributed by atoms with E-state index in [0.29, 0.717) is 6.42 Å². The van der Waals surface area contributed by atoms with Gasteiger partial charge in [-0.15, -0.1) is 0 Å². The summed E-state index contributed by atoms with van der Waals surface area (Å²) >= 11 is 0. The Balaban J connectivity index is 5.97. The highest BCUT2D eigenvalue weighted by Gasteiger charge is 2.41. The van der Waals surface area contributed by atoms with Crippen LogP contribution in [0.2, 0.25) is 0 Å². The van der Waals surface area contributed by atoms with Crippen LogP contribution in [0.15, 0.2) is 0 Å². The molecule has 0 aliphatic rings. The van der Waals surface area contributed by atoms with E-state index < -0.39 is 79.5 Å². The SMILES string of the molecule is CCCCCNC(CCC(=O)O)C(=O)N(C(=O)C(N)CCC(=O)O)C(CC(=O)O)C(=O)O. The van der Waals surface area contributed by atoms with Gasteiger partial charge in [-0.05, 0) is 25.8 Å². The Bertz CT molecular complexity index is 697. The molecule has 0 aromatic rings. The van der Waals surface area contributed by atoms with Crippen LogP contribution >= 0.6 is 0 Å². The van der Waals surface area contributed by atoms with E-state index in [-0.39, 0.29) is 17.9 Å². The van der Waals surface area contributed by atoms with E-state index in [2.05, 4.69) is 5.32 Å². The number of nitrogens with one attached hydrogen (secondary N) is 1. The molecule has 0 spiro atoms. The lowest BCUT2D eigenvalue weighted by molar-refractivity contribution is -0.162. The predicted octanol–water partition coefficient (Wildman–Crippen LogP) is -0.525. The molecule has 0 radical (unpaired) electrons. The number of amides is 2. The van der Waals surface area contributed by atoms with Crippen molar-refractivity contribution in [2.24, 2.45) is 5.73 Å². The molecule has 0 bridgehead atoms. The zero-order valence-corrected chi connectivity index (χ0v) is 17.9. The summed E-state index contributed by atoms with van der Waals surface area (Å²) in [5.74, 6) is -8.26. The average Bonchev–Trinajstić information content (AvgIpc) is 2.69. The maximum atomic E-state index is 13.2. The van der Waals surface area contributed by atoms with E-state index in [4.69, 9.17) is 21.1 Å². The molecule has 0 saturated carbocycles. The van der Waals surface area contributed by atoms with Gasteiger partial charge in [-0.3, -0.25) is 28.9 Å². The van der Waals surface area contributed by atoms with Crippen molar-refractivity contribution in [3.63, 3.8) is 0 Å². The highest BCUT2D eigenvalue weighted by atomic mass is 16.4. The molecule has 0 saturated heterocycles. The van der Waals surface area contributed by atoms with Gasteiger partial charge in [0, 0.05) is 12.8 Å². The van der Waals surface area contributed by atoms with E-state index in [9.17, 15) is 33.9 Å². The van der Waals surface area contributed by atoms with Gasteiger partial charge >= 0.3 is 23.9 Å². The third kappa shape index (κ3) is 10.8. The van der Waals surface area contributed by atoms with Crippen molar-refractivity contribution < 1.29 is 49.2 Å². The molecule has 32 heavy (non-hydrogen) atoms. The van der Waals surface area contributed by atoms with Crippen LogP contribution in [0.3, 0.4) is 0 Å². The first kappa shape index (κ1) is 28.9. The molecule has 0 aliphatic heterocycles. The van der Waals surface area contributed by atoms with Crippen molar-refractivity contribution >= 4 is 35.7 Å². The Kier molecular flexibility index (Phi) is 13.4. The molecule has 13 heteroatoms. The second-order valence-electron chi connectivity index (χ2n) is 7.18. The third-order valence-electron chi connectivity index (χ3n) is 4.54. The standard InChI is InChI=1S/C19H31N3O10/c1-2-3-4-9-21-12(6-8-15(25)26)18(30)22(13(19(31)32)10-16(27)28)17(29)11(20)5-7-14(23)24/h11-13,21H,2-10,20H2,1H3,(H,23,24)(H,25,26)(H,27,28)(H,31,32). The van der Waals surface area contributed by atoms with Crippen LogP contribution in [-0.4, -0.2) is 85.7 Å². The largest absolute Gasteiger partial charge is 0.481 e. The maximum absolute atomic E-state index is 13.2. The number of carboxylic acid groups (broad SMARTS) is 4. The summed E-state index contributed by atoms with van der Waals surface area (Å²) in [7, 11) is 0. The van der Waals surface area contributed by atoms with Crippen LogP contribution in [0.1, 0.15) is 58.3 Å². The summed E-state index contributed by atoms with van der Waals surface area (Å²) < 4.78 is 0. The van der Waals surface area contributed by atoms with Gasteiger partial charge < -0.3 is 31.5 Å². The quantitative estimate of drug-likeness (QED) is 0.150. The van der Waals surface area contributed by atoms with Gasteiger partial charge in [-0.25, -0.2) is 4.79 Å². The molecular weight excluding hydrogens is 430 g/mol. The monoisotopic (exact) mass is 461 g/mol. The third-order valence-corrected chi connectivity index (χ3v) is 4.54. The van der Waals surface area contributed by atoms with Gasteiger partial charge in [0.25, 0.3) is 0 Å². The van der Waals surface area contributed by atoms with Crippen LogP contribution in [0, 0.1) is 0 Å². The highest BCUT2D eigenvalue weighted by molar-refractivity contribution is 6.04. The maximum Gasteiger partial charge on any atom is 0.327 e. The first-order chi connectivity index (χ1) is 14.9. The van der Waals surface area contributed by atoms with E-state index in [0.717, 1.165) is 12.8 Å². The number of nitrogens with two attached hydrogens (primary N) is 1. The molecule has 0 aliphatic carbocycles. The van der Waals surface area contributed by atoms with Crippen LogP contribution in [0.4, 0.5) is 0 Å². The molecule has 0 heterocycles. The number of nitrogens with zero attached hydrogens (tertiary/aromatic N) is 1. The molecule has 13 nitrogen and oxygen atoms in total. The minimum atomic E-state index is -2.10. The average molecular weight is 461 g/mol. The minimum absolute atomic E-state index is 0.211. The van der Waals surface area contributed by atoms with Crippen molar-refractivity contribution in [3.8, 4) is 0 Å². The van der Waals surface area contributed by atoms with Crippen molar-refractivity contribution in [2.45, 2.75) is 76.4 Å². The first-order valence-corrected chi connectivity index (χ1v) is 10.2. The van der Waals surface area contributed by atoms with Crippen LogP contribution < -0.4 is 11.1 Å². The van der Waals surface area contributed by atoms with Crippen LogP contribution in [-0.2, 0) is 28.8 Å². The van der Waals surface area contributed by atoms with Gasteiger partial charge in [-0.2, -0.15) is 0 Å². The van der Waals surface area contributed by atoms with Crippen LogP contribution in [0.5, 0.6) is 0 Å². The molecule has 2 amide bonds. The predicted molar refractivity (Wildman–Crippen MR) is 109 cm³/mol. The normalized spacial score (nSPS) is 13.6. The number of unbranched alkanes of at least 4 members (excludes halogenated alkanes) is 2. The summed E-state index contributed by atoms with van der Waals surface area (Å²) in [4.78, 5) is 70.8. The Hall–Kier alpha value is -3.06. The minimum Gasteiger partial charge on any atom is -0.481 e. The van der Waals surface area contributed by atoms with Crippen molar-refractivity contribution in [2.75, 3.05) is 6.54 Å². The van der Waals surface area contributed by atoms with E-state index >= 15 is 0 Å². The molecule has 3 atom stereocenters. The van der Waals surface area contributed by atoms with Crippen molar-refractivity contribution in [3.05, 3.63) is 0 Å². The fraction of sp³-hybridized carbons (Fsp3) is 0.684. The molecule has 182 valence electrons. The number of aliphatic carboxylic acids is 4. The van der Waals surface area contributed by atoms with Gasteiger partial charge in [-0.1, -0.05) is 19.8 Å².